The van der Waals surface area contributed by atoms with E-state index in [4.69, 9.17) is 5.26 Å². The van der Waals surface area contributed by atoms with Crippen LogP contribution in [-0.4, -0.2) is 24.4 Å². The molecule has 7 heteroatoms. The Balaban J connectivity index is 2.20. The molecular formula is C12H10N4O3. The van der Waals surface area contributed by atoms with Crippen molar-refractivity contribution in [3.63, 3.8) is 0 Å². The first-order chi connectivity index (χ1) is 9.11. The Morgan fingerprint density at radius 2 is 2.26 bits per heavy atom. The third-order valence-electron chi connectivity index (χ3n) is 2.47. The molecule has 0 bridgehead atoms. The summed E-state index contributed by atoms with van der Waals surface area (Å²) in [5.41, 5.74) is 0.792. The van der Waals surface area contributed by atoms with E-state index in [9.17, 15) is 14.4 Å². The molecule has 1 aliphatic heterocycles. The van der Waals surface area contributed by atoms with Crippen LogP contribution in [0.3, 0.4) is 0 Å². The highest BCUT2D eigenvalue weighted by Crippen LogP contribution is 2.21. The lowest BCUT2D eigenvalue weighted by atomic mass is 10.2. The number of benzene rings is 1. The van der Waals surface area contributed by atoms with E-state index in [0.29, 0.717) is 11.4 Å². The maximum Gasteiger partial charge on any atom is 0.329 e. The minimum absolute atomic E-state index is 0.0378. The molecule has 2 rings (SSSR count). The molecule has 1 aromatic carbocycles. The molecule has 1 heterocycles. The van der Waals surface area contributed by atoms with E-state index in [1.165, 1.54) is 6.07 Å². The van der Waals surface area contributed by atoms with Crippen LogP contribution in [0.1, 0.15) is 6.42 Å². The molecule has 0 saturated carbocycles. The van der Waals surface area contributed by atoms with Crippen molar-refractivity contribution >= 4 is 29.2 Å². The van der Waals surface area contributed by atoms with Gasteiger partial charge in [0.1, 0.15) is 6.42 Å². The number of nitrogens with zero attached hydrogens (tertiary/aromatic N) is 2. The number of amides is 4. The zero-order valence-electron chi connectivity index (χ0n) is 9.84. The lowest BCUT2D eigenvalue weighted by Gasteiger charge is -2.13. The van der Waals surface area contributed by atoms with E-state index >= 15 is 0 Å². The minimum Gasteiger partial charge on any atom is -0.328 e. The van der Waals surface area contributed by atoms with E-state index < -0.39 is 11.9 Å². The maximum absolute atomic E-state index is 11.5. The molecular weight excluding hydrogens is 248 g/mol. The van der Waals surface area contributed by atoms with Crippen LogP contribution in [-0.2, 0) is 9.59 Å². The number of nitriles is 1. The number of carbonyl (C=O) groups excluding carboxylic acids is 3. The lowest BCUT2D eigenvalue weighted by molar-refractivity contribution is -0.116. The third-order valence-corrected chi connectivity index (χ3v) is 2.47. The Kier molecular flexibility index (Phi) is 3.43. The van der Waals surface area contributed by atoms with E-state index in [-0.39, 0.29) is 18.9 Å². The standard InChI is InChI=1S/C12H10N4O3/c13-5-4-10(17)15-8-2-1-3-9(6-8)16-11(18)7-14-12(16)19/h1-3,6H,4,7H2,(H,14,19)(H,15,17). The maximum atomic E-state index is 11.5. The Labute approximate surface area is 108 Å². The second-order valence-electron chi connectivity index (χ2n) is 3.82. The predicted molar refractivity (Wildman–Crippen MR) is 66.2 cm³/mol. The number of hydrogen-bond acceptors (Lipinski definition) is 4. The zero-order chi connectivity index (χ0) is 13.8. The molecule has 1 fully saturated rings. The number of nitrogens with one attached hydrogen (secondary N) is 2. The average molecular weight is 258 g/mol. The summed E-state index contributed by atoms with van der Waals surface area (Å²) in [6.07, 6.45) is -0.257. The van der Waals surface area contributed by atoms with Crippen molar-refractivity contribution in [2.45, 2.75) is 6.42 Å². The quantitative estimate of drug-likeness (QED) is 0.774. The molecule has 0 aromatic heterocycles. The van der Waals surface area contributed by atoms with Crippen molar-refractivity contribution in [1.29, 1.82) is 5.26 Å². The third kappa shape index (κ3) is 2.69. The van der Waals surface area contributed by atoms with Crippen molar-refractivity contribution in [3.05, 3.63) is 24.3 Å². The van der Waals surface area contributed by atoms with Crippen LogP contribution in [0.5, 0.6) is 0 Å². The monoisotopic (exact) mass is 258 g/mol. The van der Waals surface area contributed by atoms with E-state index in [1.807, 2.05) is 0 Å². The summed E-state index contributed by atoms with van der Waals surface area (Å²) in [4.78, 5) is 35.3. The van der Waals surface area contributed by atoms with Gasteiger partial charge in [0.25, 0.3) is 5.91 Å². The molecule has 7 nitrogen and oxygen atoms in total. The van der Waals surface area contributed by atoms with Crippen LogP contribution in [0.15, 0.2) is 24.3 Å². The van der Waals surface area contributed by atoms with Gasteiger partial charge in [-0.15, -0.1) is 0 Å². The average Bonchev–Trinajstić information content (AvgIpc) is 2.69. The summed E-state index contributed by atoms with van der Waals surface area (Å²) >= 11 is 0. The van der Waals surface area contributed by atoms with Gasteiger partial charge in [-0.3, -0.25) is 9.59 Å². The van der Waals surface area contributed by atoms with Crippen LogP contribution < -0.4 is 15.5 Å². The number of rotatable bonds is 3. The largest absolute Gasteiger partial charge is 0.329 e. The van der Waals surface area contributed by atoms with Gasteiger partial charge in [0.05, 0.1) is 18.3 Å². The van der Waals surface area contributed by atoms with Crippen LogP contribution in [0.25, 0.3) is 0 Å². The van der Waals surface area contributed by atoms with Gasteiger partial charge in [0.2, 0.25) is 5.91 Å². The van der Waals surface area contributed by atoms with Gasteiger partial charge < -0.3 is 10.6 Å². The topological polar surface area (TPSA) is 102 Å². The van der Waals surface area contributed by atoms with Gasteiger partial charge in [-0.1, -0.05) is 6.07 Å². The van der Waals surface area contributed by atoms with Gasteiger partial charge in [-0.05, 0) is 18.2 Å². The first kappa shape index (κ1) is 12.6. The molecule has 2 N–H and O–H groups in total. The van der Waals surface area contributed by atoms with Crippen LogP contribution >= 0.6 is 0 Å². The smallest absolute Gasteiger partial charge is 0.328 e. The van der Waals surface area contributed by atoms with Crippen LogP contribution in [0.4, 0.5) is 16.2 Å². The predicted octanol–water partition coefficient (Wildman–Crippen LogP) is 0.595. The molecule has 0 unspecified atom stereocenters. The van der Waals surface area contributed by atoms with Crippen molar-refractivity contribution in [2.75, 3.05) is 16.8 Å². The van der Waals surface area contributed by atoms with E-state index in [1.54, 1.807) is 24.3 Å². The second kappa shape index (κ2) is 5.18. The zero-order valence-corrected chi connectivity index (χ0v) is 9.84. The highest BCUT2D eigenvalue weighted by molar-refractivity contribution is 6.20. The second-order valence-corrected chi connectivity index (χ2v) is 3.82. The number of imide groups is 1. The number of hydrogen-bond donors (Lipinski definition) is 2. The van der Waals surface area contributed by atoms with Crippen molar-refractivity contribution in [2.24, 2.45) is 0 Å². The number of carbonyl (C=O) groups is 3. The summed E-state index contributed by atoms with van der Waals surface area (Å²) < 4.78 is 0. The van der Waals surface area contributed by atoms with Gasteiger partial charge in [-0.25, -0.2) is 9.69 Å². The molecule has 0 atom stereocenters. The molecule has 1 aromatic rings. The Bertz CT molecular complexity index is 575. The van der Waals surface area contributed by atoms with Crippen molar-refractivity contribution < 1.29 is 14.4 Å². The van der Waals surface area contributed by atoms with Crippen molar-refractivity contribution in [3.8, 4) is 6.07 Å². The van der Waals surface area contributed by atoms with Gasteiger partial charge >= 0.3 is 6.03 Å². The molecule has 0 spiro atoms. The Hall–Kier alpha value is -2.88. The highest BCUT2D eigenvalue weighted by atomic mass is 16.2. The Morgan fingerprint density at radius 3 is 2.89 bits per heavy atom. The normalized spacial score (nSPS) is 13.9. The van der Waals surface area contributed by atoms with Gasteiger partial charge in [0, 0.05) is 5.69 Å². The number of urea groups is 1. The van der Waals surface area contributed by atoms with Gasteiger partial charge in [0.15, 0.2) is 0 Å². The first-order valence-electron chi connectivity index (χ1n) is 5.49. The fourth-order valence-corrected chi connectivity index (χ4v) is 1.68. The molecule has 4 amide bonds. The fourth-order valence-electron chi connectivity index (χ4n) is 1.68. The SMILES string of the molecule is N#CCC(=O)Nc1cccc(N2C(=O)CNC2=O)c1. The molecule has 19 heavy (non-hydrogen) atoms. The van der Waals surface area contributed by atoms with Crippen LogP contribution in [0, 0.1) is 11.3 Å². The molecule has 0 aliphatic carbocycles. The first-order valence-corrected chi connectivity index (χ1v) is 5.49. The lowest BCUT2D eigenvalue weighted by Crippen LogP contribution is -2.30. The minimum atomic E-state index is -0.495. The summed E-state index contributed by atoms with van der Waals surface area (Å²) in [5.74, 6) is -0.803. The molecule has 96 valence electrons. The fraction of sp³-hybridized carbons (Fsp3) is 0.167. The summed E-state index contributed by atoms with van der Waals surface area (Å²) in [6.45, 7) is -0.0378. The highest BCUT2D eigenvalue weighted by Gasteiger charge is 2.29. The van der Waals surface area contributed by atoms with E-state index in [0.717, 1.165) is 4.90 Å². The summed E-state index contributed by atoms with van der Waals surface area (Å²) in [5, 5.41) is 13.3. The number of anilines is 2. The molecule has 0 radical (unpaired) electrons. The molecule has 1 saturated heterocycles. The van der Waals surface area contributed by atoms with Crippen molar-refractivity contribution in [1.82, 2.24) is 5.32 Å². The van der Waals surface area contributed by atoms with Crippen LogP contribution in [0.2, 0.25) is 0 Å². The summed E-state index contributed by atoms with van der Waals surface area (Å²) in [7, 11) is 0. The summed E-state index contributed by atoms with van der Waals surface area (Å²) in [6, 6.07) is 7.54. The Morgan fingerprint density at radius 1 is 1.47 bits per heavy atom. The molecule has 1 aliphatic rings. The van der Waals surface area contributed by atoms with Gasteiger partial charge in [-0.2, -0.15) is 5.26 Å². The van der Waals surface area contributed by atoms with E-state index in [2.05, 4.69) is 10.6 Å².